The Hall–Kier alpha value is -0.830. The van der Waals surface area contributed by atoms with Gasteiger partial charge in [-0.05, 0) is 44.2 Å². The van der Waals surface area contributed by atoms with Gasteiger partial charge in [0, 0.05) is 25.9 Å². The van der Waals surface area contributed by atoms with Crippen molar-refractivity contribution in [3.05, 3.63) is 18.2 Å². The molecule has 1 heterocycles. The summed E-state index contributed by atoms with van der Waals surface area (Å²) in [6, 6.07) is 0. The average Bonchev–Trinajstić information content (AvgIpc) is 2.91. The summed E-state index contributed by atoms with van der Waals surface area (Å²) in [7, 11) is 2.10. The zero-order valence-corrected chi connectivity index (χ0v) is 11.2. The molecule has 0 aliphatic heterocycles. The first-order valence-electron chi connectivity index (χ1n) is 6.98. The Labute approximate surface area is 105 Å². The first-order valence-corrected chi connectivity index (χ1v) is 6.98. The van der Waals surface area contributed by atoms with E-state index in [0.29, 0.717) is 0 Å². The third-order valence-electron chi connectivity index (χ3n) is 4.02. The van der Waals surface area contributed by atoms with E-state index in [1.165, 1.54) is 38.1 Å². The number of aryl methyl sites for hydroxylation is 1. The van der Waals surface area contributed by atoms with Crippen molar-refractivity contribution in [3.63, 3.8) is 0 Å². The molecule has 1 N–H and O–H groups in total. The van der Waals surface area contributed by atoms with E-state index < -0.39 is 0 Å². The predicted molar refractivity (Wildman–Crippen MR) is 70.9 cm³/mol. The van der Waals surface area contributed by atoms with E-state index in [1.807, 2.05) is 6.20 Å². The maximum atomic E-state index is 4.45. The molecular formula is C14H25N3. The highest BCUT2D eigenvalue weighted by Crippen LogP contribution is 2.33. The van der Waals surface area contributed by atoms with Gasteiger partial charge in [-0.2, -0.15) is 0 Å². The molecule has 2 rings (SSSR count). The number of nitrogens with one attached hydrogen (secondary N) is 1. The van der Waals surface area contributed by atoms with Crippen LogP contribution in [0.5, 0.6) is 0 Å². The summed E-state index contributed by atoms with van der Waals surface area (Å²) in [5.74, 6) is 2.94. The van der Waals surface area contributed by atoms with E-state index in [1.54, 1.807) is 0 Å². The molecule has 3 heteroatoms. The van der Waals surface area contributed by atoms with Gasteiger partial charge < -0.3 is 9.88 Å². The lowest BCUT2D eigenvalue weighted by Crippen LogP contribution is -2.27. The zero-order chi connectivity index (χ0) is 12.1. The van der Waals surface area contributed by atoms with Crippen LogP contribution in [0.25, 0.3) is 0 Å². The van der Waals surface area contributed by atoms with E-state index in [-0.39, 0.29) is 0 Å². The Kier molecular flexibility index (Phi) is 4.60. The lowest BCUT2D eigenvalue weighted by Gasteiger charge is -2.19. The standard InChI is InChI=1S/C14H25N3/c1-3-7-15-11-13-6-4-5-12(13)10-14-16-8-9-17(14)2/h8-9,12-13,15H,3-7,10-11H2,1-2H3. The lowest BCUT2D eigenvalue weighted by atomic mass is 9.92. The van der Waals surface area contributed by atoms with Gasteiger partial charge in [-0.15, -0.1) is 0 Å². The molecule has 1 aromatic rings. The van der Waals surface area contributed by atoms with Crippen molar-refractivity contribution in [2.75, 3.05) is 13.1 Å². The van der Waals surface area contributed by atoms with Crippen molar-refractivity contribution in [3.8, 4) is 0 Å². The molecule has 1 saturated carbocycles. The molecule has 0 spiro atoms. The highest BCUT2D eigenvalue weighted by atomic mass is 15.0. The van der Waals surface area contributed by atoms with Gasteiger partial charge in [-0.1, -0.05) is 13.3 Å². The average molecular weight is 235 g/mol. The topological polar surface area (TPSA) is 29.9 Å². The summed E-state index contributed by atoms with van der Waals surface area (Å²) in [6.45, 7) is 4.58. The highest BCUT2D eigenvalue weighted by molar-refractivity contribution is 4.95. The second-order valence-electron chi connectivity index (χ2n) is 5.31. The number of hydrogen-bond acceptors (Lipinski definition) is 2. The van der Waals surface area contributed by atoms with Crippen molar-refractivity contribution in [1.29, 1.82) is 0 Å². The Morgan fingerprint density at radius 1 is 1.41 bits per heavy atom. The second-order valence-corrected chi connectivity index (χ2v) is 5.31. The predicted octanol–water partition coefficient (Wildman–Crippen LogP) is 2.38. The summed E-state index contributed by atoms with van der Waals surface area (Å²) in [4.78, 5) is 4.45. The van der Waals surface area contributed by atoms with Crippen LogP contribution in [-0.4, -0.2) is 22.6 Å². The molecule has 17 heavy (non-hydrogen) atoms. The van der Waals surface area contributed by atoms with Crippen LogP contribution in [0, 0.1) is 11.8 Å². The quantitative estimate of drug-likeness (QED) is 0.767. The summed E-state index contributed by atoms with van der Waals surface area (Å²) in [5, 5.41) is 3.57. The van der Waals surface area contributed by atoms with E-state index in [2.05, 4.69) is 35.0 Å². The van der Waals surface area contributed by atoms with Gasteiger partial charge in [0.25, 0.3) is 0 Å². The van der Waals surface area contributed by atoms with Crippen LogP contribution in [0.3, 0.4) is 0 Å². The van der Waals surface area contributed by atoms with Crippen LogP contribution in [0.2, 0.25) is 0 Å². The number of nitrogens with zero attached hydrogens (tertiary/aromatic N) is 2. The fourth-order valence-corrected chi connectivity index (χ4v) is 2.94. The molecule has 2 atom stereocenters. The summed E-state index contributed by atoms with van der Waals surface area (Å²) < 4.78 is 2.16. The number of imidazole rings is 1. The van der Waals surface area contributed by atoms with Gasteiger partial charge in [-0.25, -0.2) is 4.98 Å². The van der Waals surface area contributed by atoms with Crippen LogP contribution in [-0.2, 0) is 13.5 Å². The Bertz CT molecular complexity index is 332. The first kappa shape index (κ1) is 12.6. The molecule has 1 aromatic heterocycles. The number of rotatable bonds is 6. The zero-order valence-electron chi connectivity index (χ0n) is 11.2. The Morgan fingerprint density at radius 3 is 2.94 bits per heavy atom. The van der Waals surface area contributed by atoms with Gasteiger partial charge in [0.1, 0.15) is 5.82 Å². The minimum absolute atomic E-state index is 0.834. The molecule has 3 nitrogen and oxygen atoms in total. The summed E-state index contributed by atoms with van der Waals surface area (Å²) in [6.07, 6.45) is 10.5. The lowest BCUT2D eigenvalue weighted by molar-refractivity contribution is 0.358. The summed E-state index contributed by atoms with van der Waals surface area (Å²) in [5.41, 5.74) is 0. The molecule has 0 aromatic carbocycles. The molecule has 1 fully saturated rings. The molecule has 0 saturated heterocycles. The van der Waals surface area contributed by atoms with Crippen molar-refractivity contribution in [2.24, 2.45) is 18.9 Å². The van der Waals surface area contributed by atoms with Gasteiger partial charge in [0.2, 0.25) is 0 Å². The van der Waals surface area contributed by atoms with Gasteiger partial charge in [0.15, 0.2) is 0 Å². The molecular weight excluding hydrogens is 210 g/mol. The van der Waals surface area contributed by atoms with Crippen LogP contribution in [0.1, 0.15) is 38.4 Å². The summed E-state index contributed by atoms with van der Waals surface area (Å²) >= 11 is 0. The highest BCUT2D eigenvalue weighted by Gasteiger charge is 2.27. The molecule has 1 aliphatic carbocycles. The maximum absolute atomic E-state index is 4.45. The maximum Gasteiger partial charge on any atom is 0.108 e. The first-order chi connectivity index (χ1) is 8.31. The van der Waals surface area contributed by atoms with Crippen molar-refractivity contribution in [2.45, 2.75) is 39.0 Å². The SMILES string of the molecule is CCCNCC1CCCC1Cc1nccn1C. The molecule has 2 unspecified atom stereocenters. The molecule has 96 valence electrons. The minimum Gasteiger partial charge on any atom is -0.338 e. The van der Waals surface area contributed by atoms with Crippen LogP contribution in [0.15, 0.2) is 12.4 Å². The third-order valence-corrected chi connectivity index (χ3v) is 4.02. The molecule has 0 radical (unpaired) electrons. The Balaban J connectivity index is 1.84. The van der Waals surface area contributed by atoms with Gasteiger partial charge >= 0.3 is 0 Å². The second kappa shape index (κ2) is 6.20. The number of hydrogen-bond donors (Lipinski definition) is 1. The normalized spacial score (nSPS) is 24.4. The van der Waals surface area contributed by atoms with Crippen LogP contribution >= 0.6 is 0 Å². The van der Waals surface area contributed by atoms with Crippen LogP contribution in [0.4, 0.5) is 0 Å². The van der Waals surface area contributed by atoms with Crippen molar-refractivity contribution in [1.82, 2.24) is 14.9 Å². The monoisotopic (exact) mass is 235 g/mol. The smallest absolute Gasteiger partial charge is 0.108 e. The fraction of sp³-hybridized carbons (Fsp3) is 0.786. The van der Waals surface area contributed by atoms with Crippen LogP contribution < -0.4 is 5.32 Å². The fourth-order valence-electron chi connectivity index (χ4n) is 2.94. The van der Waals surface area contributed by atoms with E-state index in [9.17, 15) is 0 Å². The van der Waals surface area contributed by atoms with E-state index in [0.717, 1.165) is 24.8 Å². The minimum atomic E-state index is 0.834. The van der Waals surface area contributed by atoms with Gasteiger partial charge in [0.05, 0.1) is 0 Å². The van der Waals surface area contributed by atoms with Crippen molar-refractivity contribution >= 4 is 0 Å². The molecule has 0 bridgehead atoms. The van der Waals surface area contributed by atoms with Crippen molar-refractivity contribution < 1.29 is 0 Å². The largest absolute Gasteiger partial charge is 0.338 e. The third kappa shape index (κ3) is 3.32. The van der Waals surface area contributed by atoms with E-state index in [4.69, 9.17) is 0 Å². The molecule has 0 amide bonds. The van der Waals surface area contributed by atoms with Gasteiger partial charge in [-0.3, -0.25) is 0 Å². The molecule has 1 aliphatic rings. The number of aromatic nitrogens is 2. The van der Waals surface area contributed by atoms with E-state index >= 15 is 0 Å². The Morgan fingerprint density at radius 2 is 2.24 bits per heavy atom.